The summed E-state index contributed by atoms with van der Waals surface area (Å²) < 4.78 is -1.39. The summed E-state index contributed by atoms with van der Waals surface area (Å²) in [5.41, 5.74) is 7.10. The van der Waals surface area contributed by atoms with Crippen LogP contribution in [0, 0.1) is 0 Å². The lowest BCUT2D eigenvalue weighted by Crippen LogP contribution is -2.12. The Morgan fingerprint density at radius 3 is 2.23 bits per heavy atom. The van der Waals surface area contributed by atoms with E-state index >= 15 is 0 Å². The molecule has 0 aliphatic carbocycles. The van der Waals surface area contributed by atoms with Crippen molar-refractivity contribution < 1.29 is 0 Å². The molecular weight excluding hydrogens is 296 g/mol. The quantitative estimate of drug-likeness (QED) is 0.614. The van der Waals surface area contributed by atoms with Gasteiger partial charge in [-0.1, -0.05) is 68.9 Å². The first-order chi connectivity index (χ1) is 5.93. The Bertz CT molecular complexity index is 298. The highest BCUT2D eigenvalue weighted by molar-refractivity contribution is 9.09. The maximum absolute atomic E-state index is 5.72. The molecule has 5 heteroatoms. The van der Waals surface area contributed by atoms with Gasteiger partial charge in [0.2, 0.25) is 3.79 Å². The topological polar surface area (TPSA) is 26.0 Å². The van der Waals surface area contributed by atoms with Crippen LogP contribution < -0.4 is 5.73 Å². The third-order valence-electron chi connectivity index (χ3n) is 1.56. The third-order valence-corrected chi connectivity index (χ3v) is 4.18. The van der Waals surface area contributed by atoms with Gasteiger partial charge in [0, 0.05) is 5.69 Å². The van der Waals surface area contributed by atoms with Crippen LogP contribution >= 0.6 is 50.7 Å². The van der Waals surface area contributed by atoms with E-state index in [0.717, 1.165) is 5.56 Å². The van der Waals surface area contributed by atoms with Gasteiger partial charge < -0.3 is 5.73 Å². The minimum absolute atomic E-state index is 0.397. The first-order valence-corrected chi connectivity index (χ1v) is 5.53. The van der Waals surface area contributed by atoms with Crippen LogP contribution in [-0.2, 0) is 0 Å². The molecule has 0 saturated carbocycles. The summed E-state index contributed by atoms with van der Waals surface area (Å²) >= 11 is 20.4. The Hall–Kier alpha value is 0.370. The molecule has 1 aromatic carbocycles. The summed E-state index contributed by atoms with van der Waals surface area (Å²) in [6, 6.07) is 7.25. The molecule has 0 fully saturated rings. The van der Waals surface area contributed by atoms with E-state index in [0.29, 0.717) is 5.69 Å². The summed E-state index contributed by atoms with van der Waals surface area (Å²) in [5, 5.41) is 0. The fraction of sp³-hybridized carbons (Fsp3) is 0.250. The van der Waals surface area contributed by atoms with E-state index < -0.39 is 8.62 Å². The first kappa shape index (κ1) is 11.4. The summed E-state index contributed by atoms with van der Waals surface area (Å²) in [4.78, 5) is -0.397. The van der Waals surface area contributed by atoms with Crippen molar-refractivity contribution in [3.8, 4) is 0 Å². The molecule has 0 bridgehead atoms. The number of para-hydroxylation sites is 1. The maximum Gasteiger partial charge on any atom is 0.207 e. The zero-order chi connectivity index (χ0) is 10.1. The Morgan fingerprint density at radius 1 is 1.23 bits per heavy atom. The largest absolute Gasteiger partial charge is 0.398 e. The summed E-state index contributed by atoms with van der Waals surface area (Å²) in [6.07, 6.45) is 0. The Balaban J connectivity index is 3.02. The SMILES string of the molecule is Nc1ccccc1C(Br)C(Cl)(Cl)Cl. The first-order valence-electron chi connectivity index (χ1n) is 3.48. The van der Waals surface area contributed by atoms with Crippen molar-refractivity contribution >= 4 is 56.4 Å². The van der Waals surface area contributed by atoms with Crippen molar-refractivity contribution in [2.75, 3.05) is 5.73 Å². The minimum atomic E-state index is -1.39. The molecule has 0 aliphatic rings. The molecule has 13 heavy (non-hydrogen) atoms. The Labute approximate surface area is 100 Å². The molecule has 0 spiro atoms. The maximum atomic E-state index is 5.72. The van der Waals surface area contributed by atoms with Gasteiger partial charge in [-0.3, -0.25) is 0 Å². The fourth-order valence-electron chi connectivity index (χ4n) is 0.918. The van der Waals surface area contributed by atoms with Crippen LogP contribution in [0.1, 0.15) is 10.4 Å². The fourth-order valence-corrected chi connectivity index (χ4v) is 1.69. The Morgan fingerprint density at radius 2 is 1.77 bits per heavy atom. The molecule has 0 aliphatic heterocycles. The van der Waals surface area contributed by atoms with Crippen molar-refractivity contribution in [3.05, 3.63) is 29.8 Å². The number of nitrogen functional groups attached to an aromatic ring is 1. The summed E-state index contributed by atoms with van der Waals surface area (Å²) in [5.74, 6) is 0. The van der Waals surface area contributed by atoms with Gasteiger partial charge >= 0.3 is 0 Å². The molecule has 1 rings (SSSR count). The third kappa shape index (κ3) is 2.91. The second kappa shape index (κ2) is 4.26. The normalized spacial score (nSPS) is 14.2. The minimum Gasteiger partial charge on any atom is -0.398 e. The summed E-state index contributed by atoms with van der Waals surface area (Å²) in [7, 11) is 0. The zero-order valence-corrected chi connectivity index (χ0v) is 10.3. The predicted octanol–water partition coefficient (Wildman–Crippen LogP) is 4.08. The van der Waals surface area contributed by atoms with Crippen LogP contribution in [0.25, 0.3) is 0 Å². The molecule has 0 aromatic heterocycles. The van der Waals surface area contributed by atoms with E-state index in [1.807, 2.05) is 18.2 Å². The van der Waals surface area contributed by atoms with E-state index in [-0.39, 0.29) is 0 Å². The monoisotopic (exact) mass is 301 g/mol. The van der Waals surface area contributed by atoms with Crippen LogP contribution in [0.15, 0.2) is 24.3 Å². The molecule has 1 aromatic rings. The number of hydrogen-bond donors (Lipinski definition) is 1. The molecule has 0 amide bonds. The van der Waals surface area contributed by atoms with E-state index in [4.69, 9.17) is 40.5 Å². The van der Waals surface area contributed by atoms with E-state index in [9.17, 15) is 0 Å². The van der Waals surface area contributed by atoms with Crippen LogP contribution in [0.5, 0.6) is 0 Å². The van der Waals surface area contributed by atoms with Gasteiger partial charge in [0.15, 0.2) is 0 Å². The van der Waals surface area contributed by atoms with Gasteiger partial charge in [-0.2, -0.15) is 0 Å². The number of hydrogen-bond acceptors (Lipinski definition) is 1. The highest BCUT2D eigenvalue weighted by atomic mass is 79.9. The molecule has 1 atom stereocenters. The summed E-state index contributed by atoms with van der Waals surface area (Å²) in [6.45, 7) is 0. The second-order valence-corrected chi connectivity index (χ2v) is 5.82. The van der Waals surface area contributed by atoms with Gasteiger partial charge in [0.25, 0.3) is 0 Å². The number of alkyl halides is 4. The molecule has 1 unspecified atom stereocenters. The molecule has 1 nitrogen and oxygen atoms in total. The molecule has 72 valence electrons. The van der Waals surface area contributed by atoms with E-state index in [1.54, 1.807) is 6.07 Å². The number of nitrogens with two attached hydrogens (primary N) is 1. The molecule has 0 heterocycles. The van der Waals surface area contributed by atoms with Crippen molar-refractivity contribution in [1.29, 1.82) is 0 Å². The number of benzene rings is 1. The molecular formula is C8H7BrCl3N. The van der Waals surface area contributed by atoms with Gasteiger partial charge in [-0.15, -0.1) is 0 Å². The lowest BCUT2D eigenvalue weighted by Gasteiger charge is -2.19. The zero-order valence-electron chi connectivity index (χ0n) is 6.48. The molecule has 2 N–H and O–H groups in total. The van der Waals surface area contributed by atoms with E-state index in [1.165, 1.54) is 0 Å². The number of rotatable bonds is 1. The van der Waals surface area contributed by atoms with Crippen LogP contribution in [-0.4, -0.2) is 3.79 Å². The van der Waals surface area contributed by atoms with Crippen LogP contribution in [0.3, 0.4) is 0 Å². The number of halogens is 4. The van der Waals surface area contributed by atoms with Gasteiger partial charge in [0.1, 0.15) is 0 Å². The van der Waals surface area contributed by atoms with Crippen LogP contribution in [0.4, 0.5) is 5.69 Å². The second-order valence-electron chi connectivity index (χ2n) is 2.53. The molecule has 0 saturated heterocycles. The average Bonchev–Trinajstić information content (AvgIpc) is 2.02. The van der Waals surface area contributed by atoms with E-state index in [2.05, 4.69) is 15.9 Å². The predicted molar refractivity (Wildman–Crippen MR) is 62.8 cm³/mol. The van der Waals surface area contributed by atoms with Gasteiger partial charge in [-0.05, 0) is 11.6 Å². The van der Waals surface area contributed by atoms with Crippen molar-refractivity contribution in [1.82, 2.24) is 0 Å². The van der Waals surface area contributed by atoms with Crippen molar-refractivity contribution in [3.63, 3.8) is 0 Å². The lowest BCUT2D eigenvalue weighted by atomic mass is 10.1. The lowest BCUT2D eigenvalue weighted by molar-refractivity contribution is 1.01. The number of anilines is 1. The van der Waals surface area contributed by atoms with Crippen LogP contribution in [0.2, 0.25) is 0 Å². The highest BCUT2D eigenvalue weighted by Crippen LogP contribution is 2.46. The Kier molecular flexibility index (Phi) is 3.75. The van der Waals surface area contributed by atoms with Crippen molar-refractivity contribution in [2.45, 2.75) is 8.62 Å². The molecule has 0 radical (unpaired) electrons. The van der Waals surface area contributed by atoms with Gasteiger partial charge in [0.05, 0.1) is 4.83 Å². The van der Waals surface area contributed by atoms with Gasteiger partial charge in [-0.25, -0.2) is 0 Å². The van der Waals surface area contributed by atoms with Crippen molar-refractivity contribution in [2.24, 2.45) is 0 Å². The smallest absolute Gasteiger partial charge is 0.207 e. The standard InChI is InChI=1S/C8H7BrCl3N/c9-7(8(10,11)12)5-3-1-2-4-6(5)13/h1-4,7H,13H2. The highest BCUT2D eigenvalue weighted by Gasteiger charge is 2.32. The average molecular weight is 303 g/mol.